The smallest absolute Gasteiger partial charge is 0.351 e. The van der Waals surface area contributed by atoms with Gasteiger partial charge in [-0.25, -0.2) is 18.9 Å². The lowest BCUT2D eigenvalue weighted by molar-refractivity contribution is -0.117. The van der Waals surface area contributed by atoms with Gasteiger partial charge in [-0.1, -0.05) is 24.3 Å². The molecule has 8 heteroatoms. The van der Waals surface area contributed by atoms with E-state index < -0.39 is 0 Å². The van der Waals surface area contributed by atoms with Crippen LogP contribution in [0.15, 0.2) is 53.3 Å². The number of nitrogens with one attached hydrogen (secondary N) is 1. The standard InChI is InChI=1S/C22H22N6O2/c1-15-7-6-8-16(13-15)23-19(29)14-27-22(30)28-18-10-3-2-9-17(18)24-20(21(28)25-27)26-11-4-5-12-26/h2-3,6-10,13H,4-5,11-12,14H2,1H3,(H,23,29). The number of para-hydroxylation sites is 2. The Kier molecular flexibility index (Phi) is 4.46. The predicted molar refractivity (Wildman–Crippen MR) is 116 cm³/mol. The molecule has 8 nitrogen and oxygen atoms in total. The molecule has 1 amide bonds. The highest BCUT2D eigenvalue weighted by atomic mass is 16.2. The molecule has 0 radical (unpaired) electrons. The van der Waals surface area contributed by atoms with Gasteiger partial charge in [0.1, 0.15) is 6.54 Å². The summed E-state index contributed by atoms with van der Waals surface area (Å²) in [6.07, 6.45) is 2.18. The van der Waals surface area contributed by atoms with Gasteiger partial charge < -0.3 is 10.2 Å². The van der Waals surface area contributed by atoms with E-state index in [4.69, 9.17) is 4.98 Å². The van der Waals surface area contributed by atoms with Crippen molar-refractivity contribution >= 4 is 34.1 Å². The summed E-state index contributed by atoms with van der Waals surface area (Å²) in [7, 11) is 0. The van der Waals surface area contributed by atoms with Gasteiger partial charge in [-0.15, -0.1) is 5.10 Å². The van der Waals surface area contributed by atoms with Crippen LogP contribution >= 0.6 is 0 Å². The fourth-order valence-electron chi connectivity index (χ4n) is 3.99. The summed E-state index contributed by atoms with van der Waals surface area (Å²) in [5.41, 5.74) is 3.31. The van der Waals surface area contributed by atoms with Crippen LogP contribution in [0.4, 0.5) is 11.5 Å². The van der Waals surface area contributed by atoms with Gasteiger partial charge >= 0.3 is 5.69 Å². The highest BCUT2D eigenvalue weighted by molar-refractivity contribution is 5.90. The number of anilines is 2. The number of hydrogen-bond donors (Lipinski definition) is 1. The van der Waals surface area contributed by atoms with Gasteiger partial charge in [0.25, 0.3) is 0 Å². The van der Waals surface area contributed by atoms with E-state index in [1.54, 1.807) is 4.40 Å². The second kappa shape index (κ2) is 7.29. The molecule has 0 saturated carbocycles. The average molecular weight is 402 g/mol. The van der Waals surface area contributed by atoms with Crippen LogP contribution in [-0.2, 0) is 11.3 Å². The van der Waals surface area contributed by atoms with Crippen molar-refractivity contribution in [3.8, 4) is 0 Å². The third-order valence-electron chi connectivity index (χ3n) is 5.39. The molecule has 2 aromatic heterocycles. The van der Waals surface area contributed by atoms with E-state index >= 15 is 0 Å². The fourth-order valence-corrected chi connectivity index (χ4v) is 3.99. The van der Waals surface area contributed by atoms with E-state index in [2.05, 4.69) is 15.3 Å². The molecular weight excluding hydrogens is 380 g/mol. The van der Waals surface area contributed by atoms with Gasteiger partial charge in [-0.05, 0) is 49.6 Å². The Morgan fingerprint density at radius 1 is 1.10 bits per heavy atom. The maximum Gasteiger partial charge on any atom is 0.351 e. The number of hydrogen-bond acceptors (Lipinski definition) is 5. The van der Waals surface area contributed by atoms with E-state index in [1.165, 1.54) is 4.68 Å². The highest BCUT2D eigenvalue weighted by Crippen LogP contribution is 2.25. The summed E-state index contributed by atoms with van der Waals surface area (Å²) in [6, 6.07) is 15.1. The number of carbonyl (C=O) groups excluding carboxylic acids is 1. The average Bonchev–Trinajstić information content (AvgIpc) is 3.37. The highest BCUT2D eigenvalue weighted by Gasteiger charge is 2.23. The van der Waals surface area contributed by atoms with Crippen LogP contribution in [-0.4, -0.2) is 38.2 Å². The number of aromatic nitrogens is 4. The van der Waals surface area contributed by atoms with Crippen molar-refractivity contribution in [3.63, 3.8) is 0 Å². The third kappa shape index (κ3) is 3.20. The van der Waals surface area contributed by atoms with Crippen LogP contribution in [0.2, 0.25) is 0 Å². The van der Waals surface area contributed by atoms with Gasteiger partial charge in [-0.3, -0.25) is 4.79 Å². The normalized spacial score (nSPS) is 14.0. The van der Waals surface area contributed by atoms with Gasteiger partial charge in [0.15, 0.2) is 5.82 Å². The third-order valence-corrected chi connectivity index (χ3v) is 5.39. The van der Waals surface area contributed by atoms with E-state index in [1.807, 2.05) is 55.5 Å². The Morgan fingerprint density at radius 3 is 2.70 bits per heavy atom. The Balaban J connectivity index is 1.57. The van der Waals surface area contributed by atoms with Crippen LogP contribution in [0, 0.1) is 6.92 Å². The van der Waals surface area contributed by atoms with Crippen molar-refractivity contribution in [1.29, 1.82) is 0 Å². The molecule has 0 aliphatic carbocycles. The summed E-state index contributed by atoms with van der Waals surface area (Å²) in [6.45, 7) is 3.56. The molecule has 152 valence electrons. The van der Waals surface area contributed by atoms with Crippen LogP contribution in [0.3, 0.4) is 0 Å². The summed E-state index contributed by atoms with van der Waals surface area (Å²) in [4.78, 5) is 32.7. The molecule has 30 heavy (non-hydrogen) atoms. The number of benzene rings is 2. The number of aryl methyl sites for hydroxylation is 1. The van der Waals surface area contributed by atoms with E-state index in [-0.39, 0.29) is 18.1 Å². The molecular formula is C22H22N6O2. The molecule has 1 N–H and O–H groups in total. The van der Waals surface area contributed by atoms with Gasteiger partial charge in [0, 0.05) is 18.8 Å². The molecule has 3 heterocycles. The zero-order valence-corrected chi connectivity index (χ0v) is 16.7. The van der Waals surface area contributed by atoms with Gasteiger partial charge in [0.05, 0.1) is 11.0 Å². The number of fused-ring (bicyclic) bond motifs is 3. The first kappa shape index (κ1) is 18.4. The summed E-state index contributed by atoms with van der Waals surface area (Å²) < 4.78 is 2.78. The first-order chi connectivity index (χ1) is 14.6. The van der Waals surface area contributed by atoms with E-state index in [0.717, 1.165) is 37.0 Å². The lowest BCUT2D eigenvalue weighted by Crippen LogP contribution is -2.28. The number of amides is 1. The molecule has 5 rings (SSSR count). The maximum absolute atomic E-state index is 13.2. The first-order valence-corrected chi connectivity index (χ1v) is 10.1. The molecule has 0 bridgehead atoms. The topological polar surface area (TPSA) is 84.5 Å². The zero-order chi connectivity index (χ0) is 20.7. The van der Waals surface area contributed by atoms with Crippen LogP contribution in [0.1, 0.15) is 18.4 Å². The molecule has 1 fully saturated rings. The van der Waals surface area contributed by atoms with Crippen molar-refractivity contribution in [2.75, 3.05) is 23.3 Å². The van der Waals surface area contributed by atoms with Crippen LogP contribution in [0.5, 0.6) is 0 Å². The lowest BCUT2D eigenvalue weighted by atomic mass is 10.2. The van der Waals surface area contributed by atoms with Crippen LogP contribution in [0.25, 0.3) is 16.7 Å². The van der Waals surface area contributed by atoms with Crippen molar-refractivity contribution in [2.45, 2.75) is 26.3 Å². The Labute approximate surface area is 172 Å². The summed E-state index contributed by atoms with van der Waals surface area (Å²) >= 11 is 0. The predicted octanol–water partition coefficient (Wildman–Crippen LogP) is 2.59. The monoisotopic (exact) mass is 402 g/mol. The molecule has 1 saturated heterocycles. The molecule has 4 aromatic rings. The van der Waals surface area contributed by atoms with Crippen molar-refractivity contribution in [1.82, 2.24) is 19.2 Å². The Morgan fingerprint density at radius 2 is 1.90 bits per heavy atom. The van der Waals surface area contributed by atoms with Crippen LogP contribution < -0.4 is 15.9 Å². The second-order valence-electron chi connectivity index (χ2n) is 7.64. The summed E-state index contributed by atoms with van der Waals surface area (Å²) in [5.74, 6) is 0.396. The maximum atomic E-state index is 13.2. The molecule has 1 aliphatic rings. The minimum absolute atomic E-state index is 0.164. The van der Waals surface area contributed by atoms with E-state index in [0.29, 0.717) is 22.7 Å². The molecule has 2 aromatic carbocycles. The number of carbonyl (C=O) groups is 1. The van der Waals surface area contributed by atoms with Gasteiger partial charge in [-0.2, -0.15) is 0 Å². The SMILES string of the molecule is Cc1cccc(NC(=O)Cn2nc3c(N4CCCC4)nc4ccccc4n3c2=O)c1. The largest absolute Gasteiger partial charge is 0.353 e. The summed E-state index contributed by atoms with van der Waals surface area (Å²) in [5, 5.41) is 7.34. The van der Waals surface area contributed by atoms with Gasteiger partial charge in [0.2, 0.25) is 11.6 Å². The minimum Gasteiger partial charge on any atom is -0.353 e. The number of rotatable bonds is 4. The first-order valence-electron chi connectivity index (χ1n) is 10.1. The van der Waals surface area contributed by atoms with Crippen molar-refractivity contribution < 1.29 is 4.79 Å². The van der Waals surface area contributed by atoms with E-state index in [9.17, 15) is 9.59 Å². The Bertz CT molecular complexity index is 1320. The quantitative estimate of drug-likeness (QED) is 0.567. The van der Waals surface area contributed by atoms with Crippen molar-refractivity contribution in [3.05, 3.63) is 64.6 Å². The molecule has 0 spiro atoms. The minimum atomic E-state index is -0.344. The Hall–Kier alpha value is -3.68. The molecule has 0 atom stereocenters. The zero-order valence-electron chi connectivity index (χ0n) is 16.7. The second-order valence-corrected chi connectivity index (χ2v) is 7.64. The lowest BCUT2D eigenvalue weighted by Gasteiger charge is -2.17. The molecule has 1 aliphatic heterocycles. The molecule has 0 unspecified atom stereocenters. The fraction of sp³-hybridized carbons (Fsp3) is 0.273. The number of nitrogens with zero attached hydrogens (tertiary/aromatic N) is 5. The van der Waals surface area contributed by atoms with Crippen molar-refractivity contribution in [2.24, 2.45) is 0 Å².